The summed E-state index contributed by atoms with van der Waals surface area (Å²) in [5.41, 5.74) is 1.69. The summed E-state index contributed by atoms with van der Waals surface area (Å²) in [5.74, 6) is -0.239. The van der Waals surface area contributed by atoms with Crippen LogP contribution in [0.25, 0.3) is 0 Å². The van der Waals surface area contributed by atoms with Gasteiger partial charge in [-0.15, -0.1) is 0 Å². The zero-order valence-electron chi connectivity index (χ0n) is 18.3. The molecule has 0 aliphatic carbocycles. The van der Waals surface area contributed by atoms with Gasteiger partial charge in [0.25, 0.3) is 0 Å². The van der Waals surface area contributed by atoms with Crippen LogP contribution in [0.2, 0.25) is 0 Å². The van der Waals surface area contributed by atoms with E-state index < -0.39 is 29.0 Å². The van der Waals surface area contributed by atoms with Gasteiger partial charge in [0.15, 0.2) is 0 Å². The van der Waals surface area contributed by atoms with Crippen LogP contribution in [0.1, 0.15) is 31.4 Å². The second kappa shape index (κ2) is 12.9. The SMILES string of the molecule is CC(C)CC(C=C[N+](=O)[O-])NC(=O)C(Cc1ccccc1)NC(=O)OCc1ccccc1. The Morgan fingerprint density at radius 3 is 2.16 bits per heavy atom. The first-order valence-electron chi connectivity index (χ1n) is 10.5. The fraction of sp³-hybridized carbons (Fsp3) is 0.333. The molecular formula is C24H29N3O5. The molecule has 2 N–H and O–H groups in total. The quantitative estimate of drug-likeness (QED) is 0.408. The summed E-state index contributed by atoms with van der Waals surface area (Å²) in [6.45, 7) is 3.99. The average Bonchev–Trinajstić information content (AvgIpc) is 2.76. The smallest absolute Gasteiger partial charge is 0.408 e. The van der Waals surface area contributed by atoms with E-state index in [9.17, 15) is 19.7 Å². The minimum atomic E-state index is -0.903. The summed E-state index contributed by atoms with van der Waals surface area (Å²) < 4.78 is 5.26. The number of benzene rings is 2. The highest BCUT2D eigenvalue weighted by Crippen LogP contribution is 2.09. The Kier molecular flexibility index (Phi) is 9.90. The Balaban J connectivity index is 2.08. The van der Waals surface area contributed by atoms with Gasteiger partial charge >= 0.3 is 6.09 Å². The number of hydrogen-bond donors (Lipinski definition) is 2. The molecule has 170 valence electrons. The van der Waals surface area contributed by atoms with E-state index in [1.54, 1.807) is 0 Å². The molecule has 0 spiro atoms. The molecule has 0 aliphatic rings. The van der Waals surface area contributed by atoms with Gasteiger partial charge < -0.3 is 15.4 Å². The Bertz CT molecular complexity index is 900. The fourth-order valence-electron chi connectivity index (χ4n) is 3.12. The number of nitrogens with one attached hydrogen (secondary N) is 2. The lowest BCUT2D eigenvalue weighted by Crippen LogP contribution is -2.50. The molecule has 0 heterocycles. The normalized spacial score (nSPS) is 12.8. The van der Waals surface area contributed by atoms with Crippen LogP contribution >= 0.6 is 0 Å². The second-order valence-corrected chi connectivity index (χ2v) is 7.82. The van der Waals surface area contributed by atoms with Crippen molar-refractivity contribution in [2.24, 2.45) is 5.92 Å². The van der Waals surface area contributed by atoms with Crippen LogP contribution < -0.4 is 10.6 Å². The third-order valence-corrected chi connectivity index (χ3v) is 4.60. The molecule has 2 unspecified atom stereocenters. The van der Waals surface area contributed by atoms with Gasteiger partial charge in [0.05, 0.1) is 11.0 Å². The first-order valence-corrected chi connectivity index (χ1v) is 10.5. The molecule has 2 aromatic rings. The van der Waals surface area contributed by atoms with Crippen LogP contribution in [0.4, 0.5) is 4.79 Å². The largest absolute Gasteiger partial charge is 0.445 e. The van der Waals surface area contributed by atoms with Crippen molar-refractivity contribution in [3.8, 4) is 0 Å². The van der Waals surface area contributed by atoms with E-state index in [1.165, 1.54) is 6.08 Å². The third-order valence-electron chi connectivity index (χ3n) is 4.60. The van der Waals surface area contributed by atoms with Gasteiger partial charge in [-0.25, -0.2) is 4.79 Å². The van der Waals surface area contributed by atoms with Gasteiger partial charge in [-0.05, 0) is 23.5 Å². The van der Waals surface area contributed by atoms with Gasteiger partial charge in [-0.2, -0.15) is 0 Å². The number of rotatable bonds is 11. The summed E-state index contributed by atoms with van der Waals surface area (Å²) in [6.07, 6.45) is 2.23. The first kappa shape index (κ1) is 24.6. The van der Waals surface area contributed by atoms with Gasteiger partial charge in [0.1, 0.15) is 12.6 Å². The molecule has 2 rings (SSSR count). The van der Waals surface area contributed by atoms with Gasteiger partial charge in [-0.3, -0.25) is 14.9 Å². The highest BCUT2D eigenvalue weighted by atomic mass is 16.6. The van der Waals surface area contributed by atoms with Crippen molar-refractivity contribution in [1.82, 2.24) is 10.6 Å². The first-order chi connectivity index (χ1) is 15.3. The van der Waals surface area contributed by atoms with E-state index in [0.717, 1.165) is 17.3 Å². The lowest BCUT2D eigenvalue weighted by Gasteiger charge is -2.22. The zero-order valence-corrected chi connectivity index (χ0v) is 18.3. The van der Waals surface area contributed by atoms with E-state index in [2.05, 4.69) is 10.6 Å². The lowest BCUT2D eigenvalue weighted by molar-refractivity contribution is -0.402. The summed E-state index contributed by atoms with van der Waals surface area (Å²) in [4.78, 5) is 35.5. The van der Waals surface area contributed by atoms with Crippen molar-refractivity contribution in [3.63, 3.8) is 0 Å². The highest BCUT2D eigenvalue weighted by Gasteiger charge is 2.24. The van der Waals surface area contributed by atoms with Crippen LogP contribution in [0.15, 0.2) is 72.9 Å². The number of amides is 2. The van der Waals surface area contributed by atoms with Crippen molar-refractivity contribution in [2.45, 2.75) is 45.4 Å². The van der Waals surface area contributed by atoms with E-state index >= 15 is 0 Å². The van der Waals surface area contributed by atoms with Crippen LogP contribution in [0, 0.1) is 16.0 Å². The summed E-state index contributed by atoms with van der Waals surface area (Å²) >= 11 is 0. The van der Waals surface area contributed by atoms with Crippen molar-refractivity contribution in [1.29, 1.82) is 0 Å². The molecule has 0 saturated heterocycles. The topological polar surface area (TPSA) is 111 Å². The predicted octanol–water partition coefficient (Wildman–Crippen LogP) is 3.85. The summed E-state index contributed by atoms with van der Waals surface area (Å²) in [7, 11) is 0. The molecule has 8 heteroatoms. The number of carbonyl (C=O) groups is 2. The molecule has 0 bridgehead atoms. The monoisotopic (exact) mass is 439 g/mol. The van der Waals surface area contributed by atoms with Gasteiger partial charge in [-0.1, -0.05) is 74.5 Å². The van der Waals surface area contributed by atoms with Crippen LogP contribution in [-0.2, 0) is 22.6 Å². The van der Waals surface area contributed by atoms with Crippen LogP contribution in [0.3, 0.4) is 0 Å². The molecule has 2 amide bonds. The standard InChI is InChI=1S/C24H29N3O5/c1-18(2)15-21(13-14-27(30)31)25-23(28)22(16-19-9-5-3-6-10-19)26-24(29)32-17-20-11-7-4-8-12-20/h3-14,18,21-22H,15-17H2,1-2H3,(H,25,28)(H,26,29). The number of carbonyl (C=O) groups excluding carboxylic acids is 2. The third kappa shape index (κ3) is 9.42. The maximum absolute atomic E-state index is 13.0. The minimum Gasteiger partial charge on any atom is -0.445 e. The van der Waals surface area contributed by atoms with Crippen LogP contribution in [-0.4, -0.2) is 29.0 Å². The maximum atomic E-state index is 13.0. The molecule has 2 aromatic carbocycles. The maximum Gasteiger partial charge on any atom is 0.408 e. The molecule has 8 nitrogen and oxygen atoms in total. The molecule has 0 aliphatic heterocycles. The minimum absolute atomic E-state index is 0.0773. The van der Waals surface area contributed by atoms with Crippen molar-refractivity contribution in [3.05, 3.63) is 94.2 Å². The second-order valence-electron chi connectivity index (χ2n) is 7.82. The lowest BCUT2D eigenvalue weighted by atomic mass is 10.0. The predicted molar refractivity (Wildman–Crippen MR) is 121 cm³/mol. The summed E-state index contributed by atoms with van der Waals surface area (Å²) in [6, 6.07) is 17.0. The molecule has 0 saturated carbocycles. The van der Waals surface area contributed by atoms with Gasteiger partial charge in [0, 0.05) is 12.5 Å². The van der Waals surface area contributed by atoms with Crippen molar-refractivity contribution in [2.75, 3.05) is 0 Å². The Morgan fingerprint density at radius 2 is 1.59 bits per heavy atom. The number of ether oxygens (including phenoxy) is 1. The molecule has 32 heavy (non-hydrogen) atoms. The van der Waals surface area contributed by atoms with Crippen molar-refractivity contribution < 1.29 is 19.2 Å². The fourth-order valence-corrected chi connectivity index (χ4v) is 3.12. The zero-order chi connectivity index (χ0) is 23.3. The van der Waals surface area contributed by atoms with Crippen LogP contribution in [0.5, 0.6) is 0 Å². The number of hydrogen-bond acceptors (Lipinski definition) is 5. The van der Waals surface area contributed by atoms with Gasteiger partial charge in [0.2, 0.25) is 12.1 Å². The van der Waals surface area contributed by atoms with E-state index in [1.807, 2.05) is 74.5 Å². The number of nitrogens with zero attached hydrogens (tertiary/aromatic N) is 1. The molecule has 0 fully saturated rings. The highest BCUT2D eigenvalue weighted by molar-refractivity contribution is 5.86. The van der Waals surface area contributed by atoms with E-state index in [-0.39, 0.29) is 18.9 Å². The van der Waals surface area contributed by atoms with E-state index in [4.69, 9.17) is 4.74 Å². The van der Waals surface area contributed by atoms with Crippen molar-refractivity contribution >= 4 is 12.0 Å². The molecule has 0 aromatic heterocycles. The molecule has 0 radical (unpaired) electrons. The average molecular weight is 440 g/mol. The molecular weight excluding hydrogens is 410 g/mol. The number of nitro groups is 1. The number of alkyl carbamates (subject to hydrolysis) is 1. The van der Waals surface area contributed by atoms with E-state index in [0.29, 0.717) is 6.42 Å². The Labute approximate surface area is 187 Å². The molecule has 2 atom stereocenters. The Hall–Kier alpha value is -3.68. The Morgan fingerprint density at radius 1 is 1.00 bits per heavy atom. The summed E-state index contributed by atoms with van der Waals surface area (Å²) in [5, 5.41) is 16.1.